The lowest BCUT2D eigenvalue weighted by atomic mass is 9.72. The van der Waals surface area contributed by atoms with Gasteiger partial charge in [-0.25, -0.2) is 9.18 Å². The molecule has 6 fully saturated rings. The van der Waals surface area contributed by atoms with Crippen LogP contribution in [0.25, 0.3) is 0 Å². The van der Waals surface area contributed by atoms with Crippen LogP contribution in [0.4, 0.5) is 9.18 Å². The summed E-state index contributed by atoms with van der Waals surface area (Å²) in [5.74, 6) is -1.19. The van der Waals surface area contributed by atoms with Crippen molar-refractivity contribution in [2.45, 2.75) is 113 Å². The van der Waals surface area contributed by atoms with Crippen LogP contribution in [0.1, 0.15) is 58.8 Å². The molecule has 0 aromatic rings. The molecule has 12 nitrogen and oxygen atoms in total. The van der Waals surface area contributed by atoms with Crippen LogP contribution in [0.2, 0.25) is 0 Å². The minimum atomic E-state index is -1.17. The molecule has 0 aromatic carbocycles. The number of carbonyl (C=O) groups is 4. The lowest BCUT2D eigenvalue weighted by Gasteiger charge is -2.60. The number of piperazine rings is 1. The Labute approximate surface area is 275 Å². The number of amides is 5. The smallest absolute Gasteiger partial charge is 0.320 e. The average molecular weight is 665 g/mol. The van der Waals surface area contributed by atoms with E-state index in [0.29, 0.717) is 64.8 Å². The molecule has 2 bridgehead atoms. The Balaban J connectivity index is 1.39. The Kier molecular flexibility index (Phi) is 10.1. The van der Waals surface area contributed by atoms with Gasteiger partial charge in [-0.3, -0.25) is 24.6 Å². The molecule has 5 heterocycles. The number of nitrogens with zero attached hydrogens (tertiary/aromatic N) is 3. The van der Waals surface area contributed by atoms with Crippen molar-refractivity contribution in [3.8, 4) is 0 Å². The van der Waals surface area contributed by atoms with Crippen LogP contribution in [-0.2, 0) is 14.4 Å². The fraction of sp³-hybridized carbons (Fsp3) is 0.812. The van der Waals surface area contributed by atoms with Crippen molar-refractivity contribution < 1.29 is 23.6 Å². The van der Waals surface area contributed by atoms with Crippen molar-refractivity contribution >= 4 is 35.4 Å². The summed E-state index contributed by atoms with van der Waals surface area (Å²) in [5, 5.41) is 16.5. The van der Waals surface area contributed by atoms with Gasteiger partial charge in [-0.15, -0.1) is 11.6 Å². The number of hydrogen-bond acceptors (Lipinski definition) is 7. The molecule has 11 unspecified atom stereocenters. The van der Waals surface area contributed by atoms with Gasteiger partial charge in [-0.1, -0.05) is 20.4 Å². The Morgan fingerprint density at radius 2 is 1.67 bits per heavy atom. The number of nitrogens with one attached hydrogen (secondary N) is 5. The maximum Gasteiger partial charge on any atom is 0.320 e. The van der Waals surface area contributed by atoms with E-state index in [1.165, 1.54) is 6.08 Å². The van der Waals surface area contributed by atoms with Crippen LogP contribution in [0.5, 0.6) is 0 Å². The zero-order valence-electron chi connectivity index (χ0n) is 26.9. The molecule has 0 aromatic heterocycles. The van der Waals surface area contributed by atoms with Crippen LogP contribution in [0, 0.1) is 17.8 Å². The highest BCUT2D eigenvalue weighted by Crippen LogP contribution is 2.42. The van der Waals surface area contributed by atoms with E-state index < -0.39 is 41.8 Å². The molecule has 0 radical (unpaired) electrons. The number of urea groups is 1. The molecule has 1 aliphatic carbocycles. The van der Waals surface area contributed by atoms with Crippen molar-refractivity contribution in [2.75, 3.05) is 32.7 Å². The summed E-state index contributed by atoms with van der Waals surface area (Å²) < 4.78 is 16.0. The second-order valence-corrected chi connectivity index (χ2v) is 14.9. The lowest BCUT2D eigenvalue weighted by Crippen LogP contribution is -2.81. The molecule has 256 valence electrons. The van der Waals surface area contributed by atoms with Crippen LogP contribution in [-0.4, -0.2) is 125 Å². The van der Waals surface area contributed by atoms with Gasteiger partial charge in [-0.05, 0) is 50.6 Å². The predicted molar refractivity (Wildman–Crippen MR) is 171 cm³/mol. The molecule has 1 saturated carbocycles. The van der Waals surface area contributed by atoms with Gasteiger partial charge in [0, 0.05) is 74.4 Å². The number of carbonyl (C=O) groups excluding carboxylic acids is 4. The number of halogens is 2. The minimum absolute atomic E-state index is 0.0138. The summed E-state index contributed by atoms with van der Waals surface area (Å²) in [4.78, 5) is 58.9. The molecule has 6 rings (SSSR count). The highest BCUT2D eigenvalue weighted by Gasteiger charge is 2.57. The Hall–Kier alpha value is -2.48. The van der Waals surface area contributed by atoms with Gasteiger partial charge in [0.2, 0.25) is 17.7 Å². The van der Waals surface area contributed by atoms with Gasteiger partial charge in [0.1, 0.15) is 6.17 Å². The third-order valence-corrected chi connectivity index (χ3v) is 11.7. The van der Waals surface area contributed by atoms with Gasteiger partial charge in [0.25, 0.3) is 0 Å². The highest BCUT2D eigenvalue weighted by molar-refractivity contribution is 6.21. The number of fused-ring (bicyclic) bond motifs is 5. The van der Waals surface area contributed by atoms with Crippen LogP contribution < -0.4 is 26.6 Å². The first kappa shape index (κ1) is 33.4. The first-order chi connectivity index (χ1) is 22.1. The van der Waals surface area contributed by atoms with Crippen LogP contribution in [0.3, 0.4) is 0 Å². The normalized spacial score (nSPS) is 40.9. The van der Waals surface area contributed by atoms with E-state index in [4.69, 9.17) is 11.6 Å². The summed E-state index contributed by atoms with van der Waals surface area (Å²) in [5.41, 5.74) is 0. The fourth-order valence-electron chi connectivity index (χ4n) is 9.07. The van der Waals surface area contributed by atoms with E-state index in [0.717, 1.165) is 0 Å². The van der Waals surface area contributed by atoms with Crippen LogP contribution >= 0.6 is 11.6 Å². The van der Waals surface area contributed by atoms with Gasteiger partial charge < -0.3 is 31.1 Å². The van der Waals surface area contributed by atoms with E-state index >= 15 is 4.39 Å². The molecular weight excluding hydrogens is 615 g/mol. The third-order valence-electron chi connectivity index (χ3n) is 11.3. The number of alkyl halides is 2. The van der Waals surface area contributed by atoms with Gasteiger partial charge in [0.15, 0.2) is 0 Å². The van der Waals surface area contributed by atoms with Crippen LogP contribution in [0.15, 0.2) is 12.7 Å². The fourth-order valence-corrected chi connectivity index (χ4v) is 9.51. The average Bonchev–Trinajstić information content (AvgIpc) is 3.03. The quantitative estimate of drug-likeness (QED) is 0.223. The molecule has 5 N–H and O–H groups in total. The summed E-state index contributed by atoms with van der Waals surface area (Å²) in [6, 6.07) is -2.00. The SMILES string of the molecule is C=CC(=O)N1CCN(C2NC(=O)N3C4NC(C(Cl)CC24)C2C(F)CCCC2NC(=O)CCC(=O)NC2CCNC(C(C)C)C23)CC1. The third kappa shape index (κ3) is 6.49. The molecule has 0 spiro atoms. The molecular formula is C32H50ClFN8O4. The van der Waals surface area contributed by atoms with Crippen molar-refractivity contribution in [3.63, 3.8) is 0 Å². The zero-order chi connectivity index (χ0) is 32.7. The zero-order valence-corrected chi connectivity index (χ0v) is 27.7. The first-order valence-corrected chi connectivity index (χ1v) is 17.6. The van der Waals surface area contributed by atoms with Crippen molar-refractivity contribution in [3.05, 3.63) is 12.7 Å². The van der Waals surface area contributed by atoms with Crippen molar-refractivity contribution in [1.82, 2.24) is 41.3 Å². The summed E-state index contributed by atoms with van der Waals surface area (Å²) >= 11 is 7.24. The van der Waals surface area contributed by atoms with Crippen molar-refractivity contribution in [1.29, 1.82) is 0 Å². The van der Waals surface area contributed by atoms with E-state index in [-0.39, 0.29) is 66.7 Å². The summed E-state index contributed by atoms with van der Waals surface area (Å²) in [7, 11) is 0. The maximum absolute atomic E-state index is 16.0. The molecule has 6 aliphatic rings. The lowest BCUT2D eigenvalue weighted by molar-refractivity contribution is -0.130. The largest absolute Gasteiger partial charge is 0.353 e. The number of piperidine rings is 2. The van der Waals surface area contributed by atoms with Gasteiger partial charge in [0.05, 0.1) is 24.4 Å². The summed E-state index contributed by atoms with van der Waals surface area (Å²) in [6.45, 7) is 10.7. The number of rotatable bonds is 3. The molecule has 5 saturated heterocycles. The van der Waals surface area contributed by atoms with Gasteiger partial charge in [-0.2, -0.15) is 0 Å². The van der Waals surface area contributed by atoms with E-state index in [1.54, 1.807) is 4.90 Å². The van der Waals surface area contributed by atoms with E-state index in [2.05, 4.69) is 51.9 Å². The number of hydrogen-bond donors (Lipinski definition) is 5. The monoisotopic (exact) mass is 664 g/mol. The first-order valence-electron chi connectivity index (χ1n) is 17.2. The van der Waals surface area contributed by atoms with Crippen molar-refractivity contribution in [2.24, 2.45) is 17.8 Å². The summed E-state index contributed by atoms with van der Waals surface area (Å²) in [6.07, 6.45) is 2.14. The topological polar surface area (TPSA) is 138 Å². The van der Waals surface area contributed by atoms with E-state index in [9.17, 15) is 19.2 Å². The minimum Gasteiger partial charge on any atom is -0.353 e. The predicted octanol–water partition coefficient (Wildman–Crippen LogP) is 0.868. The standard InChI is InChI=1S/C32H50ClFN8O4/c1-4-25(45)40-12-14-41(15-13-40)30-18-16-19(33)28-26-20(34)6-5-7-21(26)36-23(43)8-9-24(44)37-22-10-11-35-27(17(2)3)29(22)42(31(18)38-28)32(46)39-30/h4,17-22,26-31,35,38H,1,5-16H2,2-3H3,(H,36,43)(H,37,44)(H,39,46). The highest BCUT2D eigenvalue weighted by atomic mass is 35.5. The maximum atomic E-state index is 16.0. The molecule has 46 heavy (non-hydrogen) atoms. The molecule has 5 amide bonds. The van der Waals surface area contributed by atoms with E-state index in [1.807, 2.05) is 4.90 Å². The second-order valence-electron chi connectivity index (χ2n) is 14.3. The Morgan fingerprint density at radius 1 is 0.978 bits per heavy atom. The van der Waals surface area contributed by atoms with Gasteiger partial charge >= 0.3 is 6.03 Å². The second kappa shape index (κ2) is 13.9. The molecule has 5 aliphatic heterocycles. The Bertz CT molecular complexity index is 1190. The molecule has 11 atom stereocenters. The molecule has 14 heteroatoms. The Morgan fingerprint density at radius 3 is 2.35 bits per heavy atom.